The van der Waals surface area contributed by atoms with Gasteiger partial charge in [-0.05, 0) is 29.6 Å². The van der Waals surface area contributed by atoms with Gasteiger partial charge in [0.05, 0.1) is 11.9 Å². The quantitative estimate of drug-likeness (QED) is 0.694. The fourth-order valence-corrected chi connectivity index (χ4v) is 2.81. The number of nitrogens with zero attached hydrogens (tertiary/aromatic N) is 1. The Bertz CT molecular complexity index is 850. The van der Waals surface area contributed by atoms with Crippen LogP contribution in [-0.2, 0) is 6.54 Å². The second kappa shape index (κ2) is 5.02. The first-order valence-corrected chi connectivity index (χ1v) is 6.88. The first-order valence-electron chi connectivity index (χ1n) is 6.00. The molecule has 3 nitrogen and oxygen atoms in total. The van der Waals surface area contributed by atoms with E-state index in [4.69, 9.17) is 0 Å². The monoisotopic (exact) mass is 287 g/mol. The lowest BCUT2D eigenvalue weighted by Crippen LogP contribution is -2.23. The third-order valence-corrected chi connectivity index (χ3v) is 3.93. The maximum absolute atomic E-state index is 13.1. The normalized spacial score (nSPS) is 10.8. The molecule has 0 atom stereocenters. The Morgan fingerprint density at radius 3 is 2.90 bits per heavy atom. The maximum Gasteiger partial charge on any atom is 0.259 e. The molecule has 0 saturated carbocycles. The van der Waals surface area contributed by atoms with E-state index in [-0.39, 0.29) is 23.5 Å². The Hall–Kier alpha value is -2.27. The topological polar surface area (TPSA) is 39.1 Å². The van der Waals surface area contributed by atoms with Crippen LogP contribution >= 0.6 is 11.3 Å². The summed E-state index contributed by atoms with van der Waals surface area (Å²) in [5.74, 6) is -0.752. The van der Waals surface area contributed by atoms with Crippen molar-refractivity contribution in [1.82, 2.24) is 4.57 Å². The Kier molecular flexibility index (Phi) is 3.20. The number of hydrogen-bond acceptors (Lipinski definition) is 3. The molecule has 0 spiro atoms. The van der Waals surface area contributed by atoms with Gasteiger partial charge in [0, 0.05) is 16.5 Å². The first kappa shape index (κ1) is 12.7. The van der Waals surface area contributed by atoms with Crippen molar-refractivity contribution in [2.24, 2.45) is 0 Å². The predicted molar refractivity (Wildman–Crippen MR) is 76.8 cm³/mol. The average molecular weight is 287 g/mol. The Morgan fingerprint density at radius 2 is 2.10 bits per heavy atom. The smallest absolute Gasteiger partial charge is 0.259 e. The molecule has 100 valence electrons. The van der Waals surface area contributed by atoms with Gasteiger partial charge in [-0.2, -0.15) is 0 Å². The number of thiophene rings is 1. The van der Waals surface area contributed by atoms with Crippen molar-refractivity contribution in [2.75, 3.05) is 0 Å². The van der Waals surface area contributed by atoms with Gasteiger partial charge in [0.2, 0.25) is 0 Å². The van der Waals surface area contributed by atoms with Crippen molar-refractivity contribution < 1.29 is 9.18 Å². The molecule has 3 rings (SSSR count). The van der Waals surface area contributed by atoms with Gasteiger partial charge < -0.3 is 4.57 Å². The summed E-state index contributed by atoms with van der Waals surface area (Å²) in [5, 5.41) is 2.44. The van der Waals surface area contributed by atoms with Crippen LogP contribution in [0.1, 0.15) is 10.4 Å². The molecule has 5 heteroatoms. The molecule has 2 heterocycles. The molecule has 0 aliphatic rings. The van der Waals surface area contributed by atoms with Crippen molar-refractivity contribution in [1.29, 1.82) is 0 Å². The van der Waals surface area contributed by atoms with E-state index < -0.39 is 5.82 Å². The van der Waals surface area contributed by atoms with Gasteiger partial charge in [-0.15, -0.1) is 11.3 Å². The van der Waals surface area contributed by atoms with Crippen LogP contribution in [0.15, 0.2) is 52.8 Å². The molecular weight excluding hydrogens is 277 g/mol. The number of halogens is 1. The lowest BCUT2D eigenvalue weighted by molar-refractivity contribution is 0.0970. The number of carbonyl (C=O) groups is 1. The number of benzene rings is 1. The number of pyridine rings is 1. The summed E-state index contributed by atoms with van der Waals surface area (Å²) in [6.45, 7) is -0.0892. The minimum absolute atomic E-state index is 0.0892. The zero-order valence-corrected chi connectivity index (χ0v) is 11.2. The largest absolute Gasteiger partial charge is 0.307 e. The zero-order valence-electron chi connectivity index (χ0n) is 10.4. The highest BCUT2D eigenvalue weighted by Gasteiger charge is 2.10. The molecule has 0 aliphatic heterocycles. The summed E-state index contributed by atoms with van der Waals surface area (Å²) >= 11 is 1.48. The van der Waals surface area contributed by atoms with E-state index in [0.717, 1.165) is 4.70 Å². The molecule has 20 heavy (non-hydrogen) atoms. The SMILES string of the molecule is O=C(Cn1ccc2sccc2c1=O)c1cccc(F)c1. The molecule has 0 unspecified atom stereocenters. The van der Waals surface area contributed by atoms with Crippen LogP contribution < -0.4 is 5.56 Å². The van der Waals surface area contributed by atoms with Crippen LogP contribution in [0.25, 0.3) is 10.1 Å². The van der Waals surface area contributed by atoms with E-state index in [0.29, 0.717) is 5.39 Å². The highest BCUT2D eigenvalue weighted by Crippen LogP contribution is 2.16. The van der Waals surface area contributed by atoms with Gasteiger partial charge in [-0.1, -0.05) is 12.1 Å². The van der Waals surface area contributed by atoms with Gasteiger partial charge in [0.15, 0.2) is 5.78 Å². The summed E-state index contributed by atoms with van der Waals surface area (Å²) < 4.78 is 15.3. The maximum atomic E-state index is 13.1. The van der Waals surface area contributed by atoms with E-state index in [2.05, 4.69) is 0 Å². The van der Waals surface area contributed by atoms with E-state index in [1.54, 1.807) is 24.4 Å². The number of Topliss-reactive ketones (excluding diaryl/α,β-unsaturated/α-hetero) is 1. The molecule has 0 bridgehead atoms. The van der Waals surface area contributed by atoms with Crippen LogP contribution in [0.4, 0.5) is 4.39 Å². The average Bonchev–Trinajstić information content (AvgIpc) is 2.91. The zero-order chi connectivity index (χ0) is 14.1. The van der Waals surface area contributed by atoms with Crippen LogP contribution in [0.3, 0.4) is 0 Å². The standard InChI is InChI=1S/C15H10FNO2S/c16-11-3-1-2-10(8-11)13(18)9-17-6-4-14-12(15(17)19)5-7-20-14/h1-8H,9H2. The number of fused-ring (bicyclic) bond motifs is 1. The van der Waals surface area contributed by atoms with Crippen molar-refractivity contribution >= 4 is 27.2 Å². The lowest BCUT2D eigenvalue weighted by Gasteiger charge is -2.05. The molecule has 3 aromatic rings. The van der Waals surface area contributed by atoms with Gasteiger partial charge in [0.25, 0.3) is 5.56 Å². The minimum Gasteiger partial charge on any atom is -0.307 e. The van der Waals surface area contributed by atoms with Gasteiger partial charge in [-0.25, -0.2) is 4.39 Å². The van der Waals surface area contributed by atoms with Crippen molar-refractivity contribution in [2.45, 2.75) is 6.54 Å². The molecule has 2 aromatic heterocycles. The number of hydrogen-bond donors (Lipinski definition) is 0. The van der Waals surface area contributed by atoms with Crippen LogP contribution in [0, 0.1) is 5.82 Å². The summed E-state index contributed by atoms with van der Waals surface area (Å²) in [7, 11) is 0. The summed E-state index contributed by atoms with van der Waals surface area (Å²) in [4.78, 5) is 24.2. The molecule has 0 saturated heterocycles. The summed E-state index contributed by atoms with van der Waals surface area (Å²) in [6, 6.07) is 9.02. The lowest BCUT2D eigenvalue weighted by atomic mass is 10.1. The third-order valence-electron chi connectivity index (χ3n) is 3.05. The second-order valence-electron chi connectivity index (χ2n) is 4.38. The van der Waals surface area contributed by atoms with Crippen LogP contribution in [0.2, 0.25) is 0 Å². The molecule has 1 aromatic carbocycles. The molecule has 0 aliphatic carbocycles. The Morgan fingerprint density at radius 1 is 1.25 bits per heavy atom. The van der Waals surface area contributed by atoms with Gasteiger partial charge >= 0.3 is 0 Å². The molecule has 0 radical (unpaired) electrons. The second-order valence-corrected chi connectivity index (χ2v) is 5.33. The highest BCUT2D eigenvalue weighted by molar-refractivity contribution is 7.17. The van der Waals surface area contributed by atoms with Gasteiger partial charge in [-0.3, -0.25) is 9.59 Å². The minimum atomic E-state index is -0.462. The van der Waals surface area contributed by atoms with Gasteiger partial charge in [0.1, 0.15) is 5.82 Å². The predicted octanol–water partition coefficient (Wildman–Crippen LogP) is 3.09. The Balaban J connectivity index is 1.95. The van der Waals surface area contributed by atoms with E-state index in [1.165, 1.54) is 34.1 Å². The van der Waals surface area contributed by atoms with Crippen molar-refractivity contribution in [3.8, 4) is 0 Å². The van der Waals surface area contributed by atoms with E-state index in [9.17, 15) is 14.0 Å². The fourth-order valence-electron chi connectivity index (χ4n) is 2.04. The van der Waals surface area contributed by atoms with Crippen LogP contribution in [-0.4, -0.2) is 10.4 Å². The van der Waals surface area contributed by atoms with E-state index in [1.807, 2.05) is 5.38 Å². The Labute approximate surface area is 117 Å². The molecule has 0 N–H and O–H groups in total. The third kappa shape index (κ3) is 2.28. The van der Waals surface area contributed by atoms with E-state index >= 15 is 0 Å². The fraction of sp³-hybridized carbons (Fsp3) is 0.0667. The van der Waals surface area contributed by atoms with Crippen molar-refractivity contribution in [3.05, 3.63) is 69.7 Å². The van der Waals surface area contributed by atoms with Crippen molar-refractivity contribution in [3.63, 3.8) is 0 Å². The number of rotatable bonds is 3. The number of carbonyl (C=O) groups excluding carboxylic acids is 1. The molecule has 0 amide bonds. The molecule has 0 fully saturated rings. The first-order chi connectivity index (χ1) is 9.65. The highest BCUT2D eigenvalue weighted by atomic mass is 32.1. The summed E-state index contributed by atoms with van der Waals surface area (Å²) in [6.07, 6.45) is 1.60. The number of aromatic nitrogens is 1. The summed E-state index contributed by atoms with van der Waals surface area (Å²) in [5.41, 5.74) is 0.0656. The van der Waals surface area contributed by atoms with Crippen LogP contribution in [0.5, 0.6) is 0 Å². The molecular formula is C15H10FNO2S. The number of ketones is 1.